The summed E-state index contributed by atoms with van der Waals surface area (Å²) in [5.41, 5.74) is 0. The quantitative estimate of drug-likeness (QED) is 0.310. The third-order valence-electron chi connectivity index (χ3n) is 3.87. The van der Waals surface area contributed by atoms with Gasteiger partial charge in [0, 0.05) is 60.5 Å². The molecule has 0 aliphatic carbocycles. The highest BCUT2D eigenvalue weighted by molar-refractivity contribution is 5.85. The standard InChI is InChI=1S/C16H32N6O3/c1-5-17-16(19-12-15(24)20(2)3)22-9-7-21(8-10-22)13-14(23)18-6-11-25-4/h5-13H2,1-4H3,(H,17,19)(H,18,23). The number of aliphatic imine (C=N–C) groups is 1. The Bertz CT molecular complexity index is 447. The molecule has 1 aliphatic heterocycles. The predicted octanol–water partition coefficient (Wildman–Crippen LogP) is -1.58. The van der Waals surface area contributed by atoms with E-state index >= 15 is 0 Å². The monoisotopic (exact) mass is 356 g/mol. The van der Waals surface area contributed by atoms with Gasteiger partial charge in [-0.15, -0.1) is 0 Å². The number of hydrogen-bond acceptors (Lipinski definition) is 5. The van der Waals surface area contributed by atoms with Crippen molar-refractivity contribution >= 4 is 17.8 Å². The zero-order valence-corrected chi connectivity index (χ0v) is 15.9. The lowest BCUT2D eigenvalue weighted by atomic mass is 10.3. The minimum absolute atomic E-state index is 0.0163. The van der Waals surface area contributed by atoms with Crippen molar-refractivity contribution in [3.05, 3.63) is 0 Å². The van der Waals surface area contributed by atoms with E-state index in [1.807, 2.05) is 6.92 Å². The van der Waals surface area contributed by atoms with Gasteiger partial charge in [-0.05, 0) is 6.92 Å². The highest BCUT2D eigenvalue weighted by Gasteiger charge is 2.21. The second-order valence-electron chi connectivity index (χ2n) is 6.06. The lowest BCUT2D eigenvalue weighted by Gasteiger charge is -2.36. The number of piperazine rings is 1. The zero-order valence-electron chi connectivity index (χ0n) is 15.9. The van der Waals surface area contributed by atoms with E-state index in [1.165, 1.54) is 4.90 Å². The average Bonchev–Trinajstić information content (AvgIpc) is 2.59. The Balaban J connectivity index is 2.44. The molecular weight excluding hydrogens is 324 g/mol. The van der Waals surface area contributed by atoms with Crippen LogP contribution in [-0.2, 0) is 14.3 Å². The molecule has 0 aromatic carbocycles. The topological polar surface area (TPSA) is 89.5 Å². The van der Waals surface area contributed by atoms with Gasteiger partial charge in [0.15, 0.2) is 5.96 Å². The van der Waals surface area contributed by atoms with E-state index in [2.05, 4.69) is 25.4 Å². The van der Waals surface area contributed by atoms with Gasteiger partial charge in [-0.3, -0.25) is 14.5 Å². The van der Waals surface area contributed by atoms with Gasteiger partial charge in [0.2, 0.25) is 11.8 Å². The van der Waals surface area contributed by atoms with Crippen molar-refractivity contribution in [2.75, 3.05) is 80.2 Å². The summed E-state index contributed by atoms with van der Waals surface area (Å²) in [6.45, 7) is 7.44. The zero-order chi connectivity index (χ0) is 18.7. The van der Waals surface area contributed by atoms with Gasteiger partial charge >= 0.3 is 0 Å². The molecule has 0 spiro atoms. The minimum Gasteiger partial charge on any atom is -0.383 e. The van der Waals surface area contributed by atoms with Crippen molar-refractivity contribution in [1.82, 2.24) is 25.3 Å². The summed E-state index contributed by atoms with van der Waals surface area (Å²) in [6, 6.07) is 0. The third kappa shape index (κ3) is 8.17. The van der Waals surface area contributed by atoms with Crippen LogP contribution in [0.5, 0.6) is 0 Å². The van der Waals surface area contributed by atoms with Crippen molar-refractivity contribution in [1.29, 1.82) is 0 Å². The van der Waals surface area contributed by atoms with Crippen LogP contribution in [0.4, 0.5) is 0 Å². The Labute approximate surface area is 150 Å². The van der Waals surface area contributed by atoms with Gasteiger partial charge < -0.3 is 25.2 Å². The molecule has 2 amide bonds. The molecule has 1 aliphatic rings. The van der Waals surface area contributed by atoms with Crippen LogP contribution in [0.1, 0.15) is 6.92 Å². The Hall–Kier alpha value is -1.87. The van der Waals surface area contributed by atoms with Gasteiger partial charge in [-0.1, -0.05) is 0 Å². The number of rotatable bonds is 8. The Morgan fingerprint density at radius 1 is 1.16 bits per heavy atom. The average molecular weight is 356 g/mol. The first kappa shape index (κ1) is 21.2. The SMILES string of the molecule is CCNC(=NCC(=O)N(C)C)N1CCN(CC(=O)NCCOC)CC1. The predicted molar refractivity (Wildman–Crippen MR) is 97.6 cm³/mol. The molecule has 1 saturated heterocycles. The van der Waals surface area contributed by atoms with Gasteiger partial charge in [0.1, 0.15) is 6.54 Å². The van der Waals surface area contributed by atoms with Crippen molar-refractivity contribution in [2.24, 2.45) is 4.99 Å². The number of hydrogen-bond donors (Lipinski definition) is 2. The molecule has 0 aromatic heterocycles. The molecule has 1 fully saturated rings. The molecule has 9 heteroatoms. The number of amides is 2. The van der Waals surface area contributed by atoms with Crippen molar-refractivity contribution in [3.8, 4) is 0 Å². The lowest BCUT2D eigenvalue weighted by molar-refractivity contribution is -0.127. The number of methoxy groups -OCH3 is 1. The third-order valence-corrected chi connectivity index (χ3v) is 3.87. The van der Waals surface area contributed by atoms with Crippen LogP contribution in [0.2, 0.25) is 0 Å². The second-order valence-corrected chi connectivity index (χ2v) is 6.06. The fourth-order valence-electron chi connectivity index (χ4n) is 2.38. The number of carbonyl (C=O) groups excluding carboxylic acids is 2. The van der Waals surface area contributed by atoms with Crippen molar-refractivity contribution in [3.63, 3.8) is 0 Å². The molecular formula is C16H32N6O3. The molecule has 0 bridgehead atoms. The van der Waals surface area contributed by atoms with E-state index in [9.17, 15) is 9.59 Å². The second kappa shape index (κ2) is 11.6. The summed E-state index contributed by atoms with van der Waals surface area (Å²) in [7, 11) is 5.06. The molecule has 0 aromatic rings. The van der Waals surface area contributed by atoms with E-state index < -0.39 is 0 Å². The van der Waals surface area contributed by atoms with Gasteiger partial charge in [0.25, 0.3) is 0 Å². The number of carbonyl (C=O) groups is 2. The summed E-state index contributed by atoms with van der Waals surface area (Å²) < 4.78 is 4.92. The largest absolute Gasteiger partial charge is 0.383 e. The first-order valence-corrected chi connectivity index (χ1v) is 8.69. The molecule has 0 atom stereocenters. The maximum Gasteiger partial charge on any atom is 0.243 e. The minimum atomic E-state index is -0.0261. The Kier molecular flexibility index (Phi) is 9.86. The molecule has 1 rings (SSSR count). The number of nitrogens with one attached hydrogen (secondary N) is 2. The molecule has 0 radical (unpaired) electrons. The first-order chi connectivity index (χ1) is 12.0. The van der Waals surface area contributed by atoms with E-state index in [1.54, 1.807) is 21.2 Å². The van der Waals surface area contributed by atoms with Crippen LogP contribution in [-0.4, -0.2) is 113 Å². The summed E-state index contributed by atoms with van der Waals surface area (Å²) >= 11 is 0. The fourth-order valence-corrected chi connectivity index (χ4v) is 2.38. The highest BCUT2D eigenvalue weighted by atomic mass is 16.5. The Morgan fingerprint density at radius 3 is 2.40 bits per heavy atom. The lowest BCUT2D eigenvalue weighted by Crippen LogP contribution is -2.54. The van der Waals surface area contributed by atoms with Crippen molar-refractivity contribution < 1.29 is 14.3 Å². The summed E-state index contributed by atoms with van der Waals surface area (Å²) in [6.07, 6.45) is 0. The molecule has 144 valence electrons. The van der Waals surface area contributed by atoms with Crippen LogP contribution in [0.3, 0.4) is 0 Å². The summed E-state index contributed by atoms with van der Waals surface area (Å²) in [4.78, 5) is 33.8. The maximum absolute atomic E-state index is 11.8. The number of guanidine groups is 1. The van der Waals surface area contributed by atoms with Crippen molar-refractivity contribution in [2.45, 2.75) is 6.92 Å². The molecule has 0 unspecified atom stereocenters. The summed E-state index contributed by atoms with van der Waals surface area (Å²) in [5, 5.41) is 6.06. The summed E-state index contributed by atoms with van der Waals surface area (Å²) in [5.74, 6) is 0.742. The Morgan fingerprint density at radius 2 is 1.84 bits per heavy atom. The number of ether oxygens (including phenoxy) is 1. The smallest absolute Gasteiger partial charge is 0.243 e. The first-order valence-electron chi connectivity index (χ1n) is 8.69. The van der Waals surface area contributed by atoms with Gasteiger partial charge in [-0.2, -0.15) is 0 Å². The fraction of sp³-hybridized carbons (Fsp3) is 0.812. The van der Waals surface area contributed by atoms with Crippen LogP contribution in [0.25, 0.3) is 0 Å². The van der Waals surface area contributed by atoms with Crippen LogP contribution in [0, 0.1) is 0 Å². The van der Waals surface area contributed by atoms with E-state index in [0.717, 1.165) is 38.7 Å². The maximum atomic E-state index is 11.8. The normalized spacial score (nSPS) is 15.8. The van der Waals surface area contributed by atoms with E-state index in [0.29, 0.717) is 19.7 Å². The van der Waals surface area contributed by atoms with E-state index in [-0.39, 0.29) is 18.4 Å². The molecule has 0 saturated carbocycles. The molecule has 9 nitrogen and oxygen atoms in total. The van der Waals surface area contributed by atoms with Gasteiger partial charge in [0.05, 0.1) is 13.2 Å². The van der Waals surface area contributed by atoms with Crippen LogP contribution < -0.4 is 10.6 Å². The number of likely N-dealkylation sites (N-methyl/N-ethyl adjacent to an activating group) is 1. The number of nitrogens with zero attached hydrogens (tertiary/aromatic N) is 4. The molecule has 25 heavy (non-hydrogen) atoms. The molecule has 1 heterocycles. The van der Waals surface area contributed by atoms with E-state index in [4.69, 9.17) is 4.74 Å². The van der Waals surface area contributed by atoms with Crippen LogP contribution in [0.15, 0.2) is 4.99 Å². The molecule has 2 N–H and O–H groups in total. The van der Waals surface area contributed by atoms with Gasteiger partial charge in [-0.25, -0.2) is 4.99 Å². The van der Waals surface area contributed by atoms with Crippen LogP contribution >= 0.6 is 0 Å². The highest BCUT2D eigenvalue weighted by Crippen LogP contribution is 2.02.